The first-order valence-electron chi connectivity index (χ1n) is 8.61. The number of halogens is 2. The topological polar surface area (TPSA) is 61.4 Å². The van der Waals surface area contributed by atoms with Crippen LogP contribution in [0.1, 0.15) is 37.7 Å². The van der Waals surface area contributed by atoms with E-state index in [1.807, 2.05) is 25.7 Å². The van der Waals surface area contributed by atoms with E-state index in [4.69, 9.17) is 27.6 Å². The molecule has 0 N–H and O–H groups in total. The lowest BCUT2D eigenvalue weighted by molar-refractivity contribution is -0.371. The summed E-state index contributed by atoms with van der Waals surface area (Å²) in [5.74, 6) is -0.559. The Morgan fingerprint density at radius 3 is 2.42 bits per heavy atom. The molecule has 26 heavy (non-hydrogen) atoms. The monoisotopic (exact) mass is 412 g/mol. The van der Waals surface area contributed by atoms with E-state index >= 15 is 0 Å². The van der Waals surface area contributed by atoms with Crippen molar-refractivity contribution in [2.75, 3.05) is 0 Å². The van der Waals surface area contributed by atoms with E-state index in [9.17, 15) is 10.1 Å². The number of rotatable bonds is 6. The van der Waals surface area contributed by atoms with Crippen molar-refractivity contribution < 1.29 is 13.6 Å². The van der Waals surface area contributed by atoms with E-state index in [2.05, 4.69) is 17.3 Å². The van der Waals surface area contributed by atoms with Crippen molar-refractivity contribution in [2.24, 2.45) is 0 Å². The second kappa shape index (κ2) is 7.81. The van der Waals surface area contributed by atoms with E-state index in [0.717, 1.165) is 31.2 Å². The molecule has 0 saturated heterocycles. The SMILES string of the molecule is C=[O+]C(=O)CC(C#N)(O[Si](C)(C)C)C1(c2ccc(Cl)c(Cl)c2)CCCC1. The molecule has 0 amide bonds. The standard InChI is InChI=1S/C19H24Cl2NO3Si/c1-24-17(23)12-19(13-22,25-26(2,3)4)18(9-5-6-10-18)14-7-8-15(20)16(21)11-14/h7-8,11H,1,5-6,9-10,12H2,2-4H3/q+1. The van der Waals surface area contributed by atoms with Gasteiger partial charge in [0.15, 0.2) is 27.1 Å². The number of nitrogens with zero attached hydrogens (tertiary/aromatic N) is 1. The van der Waals surface area contributed by atoms with Gasteiger partial charge in [0, 0.05) is 10.2 Å². The lowest BCUT2D eigenvalue weighted by Gasteiger charge is -2.46. The molecule has 1 saturated carbocycles. The lowest BCUT2D eigenvalue weighted by atomic mass is 9.65. The first kappa shape index (κ1) is 21.1. The largest absolute Gasteiger partial charge is 0.583 e. The first-order valence-corrected chi connectivity index (χ1v) is 12.8. The van der Waals surface area contributed by atoms with Gasteiger partial charge in [0.1, 0.15) is 0 Å². The summed E-state index contributed by atoms with van der Waals surface area (Å²) in [5, 5.41) is 11.1. The predicted octanol–water partition coefficient (Wildman–Crippen LogP) is 5.20. The van der Waals surface area contributed by atoms with Crippen LogP contribution in [0.25, 0.3) is 0 Å². The van der Waals surface area contributed by atoms with Crippen molar-refractivity contribution in [1.29, 1.82) is 5.26 Å². The van der Waals surface area contributed by atoms with Gasteiger partial charge in [-0.3, -0.25) is 4.42 Å². The molecular weight excluding hydrogens is 389 g/mol. The van der Waals surface area contributed by atoms with Crippen molar-refractivity contribution in [1.82, 2.24) is 0 Å². The van der Waals surface area contributed by atoms with Crippen molar-refractivity contribution in [3.05, 3.63) is 33.8 Å². The Kier molecular flexibility index (Phi) is 6.35. The maximum Gasteiger partial charge on any atom is 0.583 e. The first-order chi connectivity index (χ1) is 12.1. The molecule has 0 spiro atoms. The quantitative estimate of drug-likeness (QED) is 0.476. The number of carbonyl (C=O) groups is 1. The summed E-state index contributed by atoms with van der Waals surface area (Å²) in [6.45, 7) is 9.22. The van der Waals surface area contributed by atoms with Crippen LogP contribution in [-0.4, -0.2) is 26.7 Å². The van der Waals surface area contributed by atoms with Crippen molar-refractivity contribution in [3.8, 4) is 6.07 Å². The van der Waals surface area contributed by atoms with Crippen LogP contribution in [-0.2, 0) is 19.1 Å². The fourth-order valence-electron chi connectivity index (χ4n) is 3.95. The molecule has 0 heterocycles. The maximum absolute atomic E-state index is 12.2. The third-order valence-corrected chi connectivity index (χ3v) is 6.62. The van der Waals surface area contributed by atoms with Gasteiger partial charge in [-0.25, -0.2) is 0 Å². The highest BCUT2D eigenvalue weighted by atomic mass is 35.5. The summed E-state index contributed by atoms with van der Waals surface area (Å²) in [7, 11) is -2.17. The summed E-state index contributed by atoms with van der Waals surface area (Å²) >= 11 is 12.4. The maximum atomic E-state index is 12.2. The zero-order valence-electron chi connectivity index (χ0n) is 15.4. The lowest BCUT2D eigenvalue weighted by Crippen LogP contribution is -2.56. The molecule has 1 aromatic carbocycles. The summed E-state index contributed by atoms with van der Waals surface area (Å²) in [6, 6.07) is 7.77. The van der Waals surface area contributed by atoms with Crippen LogP contribution < -0.4 is 0 Å². The molecule has 0 aliphatic heterocycles. The smallest absolute Gasteiger partial charge is 0.399 e. The molecule has 7 heteroatoms. The molecule has 1 unspecified atom stereocenters. The third kappa shape index (κ3) is 4.04. The van der Waals surface area contributed by atoms with Gasteiger partial charge in [-0.05, 0) is 50.2 Å². The van der Waals surface area contributed by atoms with Crippen LogP contribution in [0.3, 0.4) is 0 Å². The van der Waals surface area contributed by atoms with E-state index in [1.165, 1.54) is 0 Å². The number of nitriles is 1. The molecule has 1 aliphatic carbocycles. The van der Waals surface area contributed by atoms with E-state index in [0.29, 0.717) is 10.0 Å². The Hall–Kier alpha value is -1.19. The van der Waals surface area contributed by atoms with Gasteiger partial charge in [-0.1, -0.05) is 42.1 Å². The molecule has 2 rings (SSSR count). The van der Waals surface area contributed by atoms with Gasteiger partial charge in [0.05, 0.1) is 16.1 Å². The van der Waals surface area contributed by atoms with Gasteiger partial charge in [-0.15, -0.1) is 0 Å². The normalized spacial score (nSPS) is 18.8. The Balaban J connectivity index is 2.70. The highest BCUT2D eigenvalue weighted by molar-refractivity contribution is 6.69. The van der Waals surface area contributed by atoms with E-state index < -0.39 is 25.3 Å². The minimum absolute atomic E-state index is 0.169. The molecule has 4 nitrogen and oxygen atoms in total. The van der Waals surface area contributed by atoms with Gasteiger partial charge in [0.25, 0.3) is 0 Å². The van der Waals surface area contributed by atoms with Crippen LogP contribution in [0.15, 0.2) is 18.2 Å². The summed E-state index contributed by atoms with van der Waals surface area (Å²) in [5.41, 5.74) is -1.11. The second-order valence-corrected chi connectivity index (χ2v) is 13.0. The number of carbonyl (C=O) groups excluding carboxylic acids is 2. The number of hydrogen-bond acceptors (Lipinski definition) is 3. The highest BCUT2D eigenvalue weighted by Crippen LogP contribution is 2.53. The predicted molar refractivity (Wildman–Crippen MR) is 106 cm³/mol. The zero-order valence-corrected chi connectivity index (χ0v) is 17.9. The minimum Gasteiger partial charge on any atom is -0.399 e. The van der Waals surface area contributed by atoms with Crippen LogP contribution in [0.4, 0.5) is 0 Å². The molecular formula is C19H24Cl2NO3Si+. The molecule has 140 valence electrons. The third-order valence-electron chi connectivity index (χ3n) is 4.92. The van der Waals surface area contributed by atoms with Crippen molar-refractivity contribution >= 4 is 44.3 Å². The number of benzene rings is 1. The Morgan fingerprint density at radius 2 is 1.96 bits per heavy atom. The molecule has 1 atom stereocenters. The van der Waals surface area contributed by atoms with E-state index in [-0.39, 0.29) is 6.42 Å². The molecule has 1 aromatic rings. The zero-order chi connectivity index (χ0) is 19.6. The molecule has 0 bridgehead atoms. The minimum atomic E-state index is -2.17. The van der Waals surface area contributed by atoms with Gasteiger partial charge >= 0.3 is 5.97 Å². The van der Waals surface area contributed by atoms with Crippen molar-refractivity contribution in [3.63, 3.8) is 0 Å². The van der Waals surface area contributed by atoms with Crippen LogP contribution >= 0.6 is 23.2 Å². The van der Waals surface area contributed by atoms with Crippen molar-refractivity contribution in [2.45, 2.75) is 62.8 Å². The Bertz CT molecular complexity index is 748. The van der Waals surface area contributed by atoms with Crippen LogP contribution in [0, 0.1) is 11.3 Å². The Labute approximate surface area is 165 Å². The van der Waals surface area contributed by atoms with Crippen LogP contribution in [0.2, 0.25) is 29.7 Å². The molecule has 0 aromatic heterocycles. The summed E-state index contributed by atoms with van der Waals surface area (Å²) < 4.78 is 11.1. The van der Waals surface area contributed by atoms with Crippen LogP contribution in [0.5, 0.6) is 0 Å². The Morgan fingerprint density at radius 1 is 1.35 bits per heavy atom. The molecule has 0 radical (unpaired) electrons. The summed E-state index contributed by atoms with van der Waals surface area (Å²) in [6.07, 6.45) is 3.18. The average molecular weight is 413 g/mol. The van der Waals surface area contributed by atoms with Gasteiger partial charge < -0.3 is 4.43 Å². The average Bonchev–Trinajstić information content (AvgIpc) is 3.06. The highest BCUT2D eigenvalue weighted by Gasteiger charge is 2.59. The fraction of sp³-hybridized carbons (Fsp3) is 0.526. The van der Waals surface area contributed by atoms with Gasteiger partial charge in [0.2, 0.25) is 0 Å². The molecule has 1 aliphatic rings. The second-order valence-electron chi connectivity index (χ2n) is 7.76. The summed E-state index contributed by atoms with van der Waals surface area (Å²) in [4.78, 5) is 12.2. The number of hydrogen-bond donors (Lipinski definition) is 0. The van der Waals surface area contributed by atoms with Gasteiger partial charge in [-0.2, -0.15) is 5.26 Å². The molecule has 1 fully saturated rings. The van der Waals surface area contributed by atoms with E-state index in [1.54, 1.807) is 12.1 Å². The fourth-order valence-corrected chi connectivity index (χ4v) is 5.60.